The number of anilines is 1. The van der Waals surface area contributed by atoms with Gasteiger partial charge >= 0.3 is 0 Å². The van der Waals surface area contributed by atoms with Gasteiger partial charge in [-0.1, -0.05) is 32.0 Å². The second-order valence-electron chi connectivity index (χ2n) is 7.00. The molecule has 2 rings (SSSR count). The van der Waals surface area contributed by atoms with E-state index >= 15 is 0 Å². The van der Waals surface area contributed by atoms with Gasteiger partial charge in [-0.15, -0.1) is 0 Å². The molecule has 0 bridgehead atoms. The Kier molecular flexibility index (Phi) is 6.93. The molecule has 6 nitrogen and oxygen atoms in total. The predicted molar refractivity (Wildman–Crippen MR) is 107 cm³/mol. The quantitative estimate of drug-likeness (QED) is 0.787. The zero-order valence-corrected chi connectivity index (χ0v) is 16.3. The zero-order chi connectivity index (χ0) is 20.0. The van der Waals surface area contributed by atoms with Crippen LogP contribution in [0.3, 0.4) is 0 Å². The third-order valence-corrected chi connectivity index (χ3v) is 4.31. The van der Waals surface area contributed by atoms with Crippen LogP contribution in [0.25, 0.3) is 0 Å². The van der Waals surface area contributed by atoms with Crippen molar-refractivity contribution in [3.63, 3.8) is 0 Å². The Morgan fingerprint density at radius 2 is 1.81 bits per heavy atom. The molecule has 6 heteroatoms. The number of rotatable bonds is 7. The van der Waals surface area contributed by atoms with Crippen LogP contribution in [0.1, 0.15) is 43.1 Å². The zero-order valence-electron chi connectivity index (χ0n) is 16.3. The number of pyridine rings is 1. The SMILES string of the molecule is CCn1cc(NC(=O)C(CC(C)C)NC(=O)c2ccccc2C)ccc1=O. The summed E-state index contributed by atoms with van der Waals surface area (Å²) in [5.41, 5.74) is 1.81. The highest BCUT2D eigenvalue weighted by atomic mass is 16.2. The van der Waals surface area contributed by atoms with Gasteiger partial charge in [-0.05, 0) is 43.9 Å². The maximum Gasteiger partial charge on any atom is 0.252 e. The number of aryl methyl sites for hydroxylation is 2. The van der Waals surface area contributed by atoms with Crippen molar-refractivity contribution in [1.29, 1.82) is 0 Å². The third kappa shape index (κ3) is 5.54. The Hall–Kier alpha value is -2.89. The van der Waals surface area contributed by atoms with Crippen LogP contribution >= 0.6 is 0 Å². The number of carbonyl (C=O) groups excluding carboxylic acids is 2. The number of nitrogens with one attached hydrogen (secondary N) is 2. The molecule has 1 heterocycles. The number of nitrogens with zero attached hydrogens (tertiary/aromatic N) is 1. The summed E-state index contributed by atoms with van der Waals surface area (Å²) in [7, 11) is 0. The van der Waals surface area contributed by atoms with Crippen molar-refractivity contribution >= 4 is 17.5 Å². The van der Waals surface area contributed by atoms with Crippen molar-refractivity contribution in [2.24, 2.45) is 5.92 Å². The van der Waals surface area contributed by atoms with Crippen molar-refractivity contribution in [2.45, 2.75) is 46.7 Å². The van der Waals surface area contributed by atoms with Gasteiger partial charge in [0.25, 0.3) is 11.5 Å². The smallest absolute Gasteiger partial charge is 0.252 e. The van der Waals surface area contributed by atoms with Gasteiger partial charge in [0.05, 0.1) is 5.69 Å². The molecular formula is C21H27N3O3. The second-order valence-corrected chi connectivity index (χ2v) is 7.00. The first kappa shape index (κ1) is 20.4. The lowest BCUT2D eigenvalue weighted by Crippen LogP contribution is -2.44. The molecule has 144 valence electrons. The van der Waals surface area contributed by atoms with E-state index < -0.39 is 6.04 Å². The summed E-state index contributed by atoms with van der Waals surface area (Å²) in [6.45, 7) is 8.23. The van der Waals surface area contributed by atoms with E-state index in [0.29, 0.717) is 24.2 Å². The van der Waals surface area contributed by atoms with E-state index in [1.807, 2.05) is 39.8 Å². The third-order valence-electron chi connectivity index (χ3n) is 4.31. The van der Waals surface area contributed by atoms with Crippen LogP contribution in [0.5, 0.6) is 0 Å². The van der Waals surface area contributed by atoms with Gasteiger partial charge in [0.2, 0.25) is 5.91 Å². The van der Waals surface area contributed by atoms with Crippen LogP contribution in [0.2, 0.25) is 0 Å². The second kappa shape index (κ2) is 9.16. The number of hydrogen-bond acceptors (Lipinski definition) is 3. The number of amides is 2. The van der Waals surface area contributed by atoms with Gasteiger partial charge in [-0.2, -0.15) is 0 Å². The standard InChI is InChI=1S/C21H27N3O3/c1-5-24-13-16(10-11-19(24)25)22-21(27)18(12-14(2)3)23-20(26)17-9-7-6-8-15(17)4/h6-11,13-14,18H,5,12H2,1-4H3,(H,22,27)(H,23,26). The largest absolute Gasteiger partial charge is 0.340 e. The normalized spacial score (nSPS) is 11.9. The van der Waals surface area contributed by atoms with E-state index in [1.165, 1.54) is 10.6 Å². The summed E-state index contributed by atoms with van der Waals surface area (Å²) < 4.78 is 1.51. The van der Waals surface area contributed by atoms with Gasteiger partial charge < -0.3 is 15.2 Å². The first-order valence-electron chi connectivity index (χ1n) is 9.19. The molecule has 0 saturated carbocycles. The number of benzene rings is 1. The molecule has 0 radical (unpaired) electrons. The van der Waals surface area contributed by atoms with Gasteiger partial charge in [-0.25, -0.2) is 0 Å². The Labute approximate surface area is 159 Å². The lowest BCUT2D eigenvalue weighted by Gasteiger charge is -2.21. The fourth-order valence-corrected chi connectivity index (χ4v) is 2.85. The number of hydrogen-bond donors (Lipinski definition) is 2. The molecule has 1 aromatic carbocycles. The highest BCUT2D eigenvalue weighted by Crippen LogP contribution is 2.12. The Balaban J connectivity index is 2.17. The van der Waals surface area contributed by atoms with Gasteiger partial charge in [0.1, 0.15) is 6.04 Å². The van der Waals surface area contributed by atoms with Gasteiger partial charge in [0.15, 0.2) is 0 Å². The molecule has 0 saturated heterocycles. The van der Waals surface area contributed by atoms with Crippen molar-refractivity contribution in [1.82, 2.24) is 9.88 Å². The van der Waals surface area contributed by atoms with Crippen LogP contribution in [0.4, 0.5) is 5.69 Å². The van der Waals surface area contributed by atoms with E-state index in [9.17, 15) is 14.4 Å². The molecule has 0 spiro atoms. The minimum atomic E-state index is -0.667. The van der Waals surface area contributed by atoms with E-state index in [2.05, 4.69) is 10.6 Å². The summed E-state index contributed by atoms with van der Waals surface area (Å²) in [6, 6.07) is 9.59. The summed E-state index contributed by atoms with van der Waals surface area (Å²) in [6.07, 6.45) is 2.12. The fraction of sp³-hybridized carbons (Fsp3) is 0.381. The minimum Gasteiger partial charge on any atom is -0.340 e. The van der Waals surface area contributed by atoms with Crippen LogP contribution in [0.15, 0.2) is 47.4 Å². The molecule has 0 aliphatic carbocycles. The van der Waals surface area contributed by atoms with E-state index in [1.54, 1.807) is 24.4 Å². The molecule has 1 unspecified atom stereocenters. The number of carbonyl (C=O) groups is 2. The topological polar surface area (TPSA) is 80.2 Å². The first-order valence-corrected chi connectivity index (χ1v) is 9.19. The van der Waals surface area contributed by atoms with Crippen molar-refractivity contribution in [3.8, 4) is 0 Å². The summed E-state index contributed by atoms with van der Waals surface area (Å²) in [5, 5.41) is 5.65. The maximum absolute atomic E-state index is 12.8. The Bertz CT molecular complexity index is 871. The molecular weight excluding hydrogens is 342 g/mol. The van der Waals surface area contributed by atoms with E-state index in [4.69, 9.17) is 0 Å². The summed E-state index contributed by atoms with van der Waals surface area (Å²) in [5.74, 6) is -0.345. The molecule has 0 aliphatic rings. The molecule has 27 heavy (non-hydrogen) atoms. The van der Waals surface area contributed by atoms with Gasteiger partial charge in [-0.3, -0.25) is 14.4 Å². The highest BCUT2D eigenvalue weighted by molar-refractivity contribution is 6.01. The summed E-state index contributed by atoms with van der Waals surface area (Å²) >= 11 is 0. The monoisotopic (exact) mass is 369 g/mol. The molecule has 0 aliphatic heterocycles. The predicted octanol–water partition coefficient (Wildman–Crippen LogP) is 2.96. The minimum absolute atomic E-state index is 0.123. The fourth-order valence-electron chi connectivity index (χ4n) is 2.85. The van der Waals surface area contributed by atoms with Crippen LogP contribution in [0, 0.1) is 12.8 Å². The lowest BCUT2D eigenvalue weighted by molar-refractivity contribution is -0.118. The van der Waals surface area contributed by atoms with E-state index in [0.717, 1.165) is 5.56 Å². The maximum atomic E-state index is 12.8. The molecule has 1 atom stereocenters. The molecule has 2 amide bonds. The molecule has 0 fully saturated rings. The summed E-state index contributed by atoms with van der Waals surface area (Å²) in [4.78, 5) is 37.1. The van der Waals surface area contributed by atoms with Gasteiger partial charge in [0, 0.05) is 24.4 Å². The lowest BCUT2D eigenvalue weighted by atomic mass is 10.0. The Morgan fingerprint density at radius 3 is 2.44 bits per heavy atom. The van der Waals surface area contributed by atoms with Crippen LogP contribution in [-0.2, 0) is 11.3 Å². The molecule has 1 aromatic heterocycles. The van der Waals surface area contributed by atoms with Crippen LogP contribution in [-0.4, -0.2) is 22.4 Å². The molecule has 2 aromatic rings. The average molecular weight is 369 g/mol. The average Bonchev–Trinajstić information content (AvgIpc) is 2.62. The Morgan fingerprint density at radius 1 is 1.11 bits per heavy atom. The molecule has 2 N–H and O–H groups in total. The first-order chi connectivity index (χ1) is 12.8. The van der Waals surface area contributed by atoms with Crippen molar-refractivity contribution in [3.05, 3.63) is 64.1 Å². The van der Waals surface area contributed by atoms with Crippen LogP contribution < -0.4 is 16.2 Å². The van der Waals surface area contributed by atoms with E-state index in [-0.39, 0.29) is 23.3 Å². The van der Waals surface area contributed by atoms with Crippen molar-refractivity contribution < 1.29 is 9.59 Å². The number of aromatic nitrogens is 1. The van der Waals surface area contributed by atoms with Crippen molar-refractivity contribution in [2.75, 3.05) is 5.32 Å². The highest BCUT2D eigenvalue weighted by Gasteiger charge is 2.23.